The molecule has 2 rings (SSSR count). The van der Waals surface area contributed by atoms with Gasteiger partial charge in [0.15, 0.2) is 11.6 Å². The van der Waals surface area contributed by atoms with E-state index in [9.17, 15) is 13.6 Å². The standard InChI is InChI=1S/C12H11F2NO/c1-15-12(16)5-8-3-2-7-4-10(13)11(14)6-9(7)8/h4-6H,2-3H2,1H3,(H,15,16). The van der Waals surface area contributed by atoms with E-state index in [1.54, 1.807) is 0 Å². The van der Waals surface area contributed by atoms with Gasteiger partial charge in [0.25, 0.3) is 0 Å². The van der Waals surface area contributed by atoms with Crippen LogP contribution in [0.3, 0.4) is 0 Å². The number of benzene rings is 1. The molecule has 1 aromatic carbocycles. The lowest BCUT2D eigenvalue weighted by molar-refractivity contribution is -0.116. The number of hydrogen-bond donors (Lipinski definition) is 1. The van der Waals surface area contributed by atoms with Gasteiger partial charge in [0, 0.05) is 13.1 Å². The Labute approximate surface area is 92.0 Å². The molecule has 1 aliphatic rings. The predicted molar refractivity (Wildman–Crippen MR) is 56.7 cm³/mol. The number of nitrogens with one attached hydrogen (secondary N) is 1. The van der Waals surface area contributed by atoms with E-state index in [1.165, 1.54) is 19.2 Å². The van der Waals surface area contributed by atoms with Crippen molar-refractivity contribution in [2.24, 2.45) is 0 Å². The van der Waals surface area contributed by atoms with E-state index in [-0.39, 0.29) is 5.91 Å². The molecule has 1 aliphatic carbocycles. The average molecular weight is 223 g/mol. The normalized spacial score (nSPS) is 16.3. The van der Waals surface area contributed by atoms with Gasteiger partial charge in [-0.3, -0.25) is 4.79 Å². The SMILES string of the molecule is CNC(=O)C=C1CCc2cc(F)c(F)cc21. The fourth-order valence-electron chi connectivity index (χ4n) is 1.88. The van der Waals surface area contributed by atoms with Gasteiger partial charge in [-0.05, 0) is 41.7 Å². The molecule has 4 heteroatoms. The van der Waals surface area contributed by atoms with Crippen molar-refractivity contribution in [2.45, 2.75) is 12.8 Å². The summed E-state index contributed by atoms with van der Waals surface area (Å²) in [7, 11) is 1.53. The molecule has 0 unspecified atom stereocenters. The number of carbonyl (C=O) groups is 1. The largest absolute Gasteiger partial charge is 0.356 e. The molecule has 0 spiro atoms. The summed E-state index contributed by atoms with van der Waals surface area (Å²) in [5.74, 6) is -1.93. The second-order valence-corrected chi connectivity index (χ2v) is 3.71. The number of fused-ring (bicyclic) bond motifs is 1. The van der Waals surface area contributed by atoms with Crippen LogP contribution in [0, 0.1) is 11.6 Å². The second-order valence-electron chi connectivity index (χ2n) is 3.71. The number of amides is 1. The molecule has 0 heterocycles. The second kappa shape index (κ2) is 4.04. The highest BCUT2D eigenvalue weighted by atomic mass is 19.2. The minimum atomic E-state index is -0.872. The first-order valence-corrected chi connectivity index (χ1v) is 5.02. The predicted octanol–water partition coefficient (Wildman–Crippen LogP) is 2.04. The number of allylic oxidation sites excluding steroid dienone is 1. The Hall–Kier alpha value is -1.71. The molecule has 16 heavy (non-hydrogen) atoms. The first-order valence-electron chi connectivity index (χ1n) is 5.02. The molecular formula is C12H11F2NO. The molecule has 0 saturated heterocycles. The van der Waals surface area contributed by atoms with Crippen molar-refractivity contribution in [1.82, 2.24) is 5.32 Å². The van der Waals surface area contributed by atoms with Gasteiger partial charge in [-0.25, -0.2) is 8.78 Å². The minimum Gasteiger partial charge on any atom is -0.356 e. The topological polar surface area (TPSA) is 29.1 Å². The Morgan fingerprint density at radius 1 is 1.31 bits per heavy atom. The Morgan fingerprint density at radius 3 is 2.69 bits per heavy atom. The minimum absolute atomic E-state index is 0.229. The molecule has 2 nitrogen and oxygen atoms in total. The van der Waals surface area contributed by atoms with E-state index in [0.717, 1.165) is 17.2 Å². The smallest absolute Gasteiger partial charge is 0.244 e. The zero-order chi connectivity index (χ0) is 11.7. The molecule has 0 saturated carbocycles. The zero-order valence-electron chi connectivity index (χ0n) is 8.81. The maximum absolute atomic E-state index is 13.1. The monoisotopic (exact) mass is 223 g/mol. The van der Waals surface area contributed by atoms with Crippen LogP contribution in [0.4, 0.5) is 8.78 Å². The Kier molecular flexibility index (Phi) is 2.73. The molecule has 0 bridgehead atoms. The van der Waals surface area contributed by atoms with E-state index < -0.39 is 11.6 Å². The number of hydrogen-bond acceptors (Lipinski definition) is 1. The summed E-state index contributed by atoms with van der Waals surface area (Å²) in [6.07, 6.45) is 2.73. The van der Waals surface area contributed by atoms with Crippen LogP contribution in [0.2, 0.25) is 0 Å². The fraction of sp³-hybridized carbons (Fsp3) is 0.250. The van der Waals surface area contributed by atoms with Gasteiger partial charge in [-0.15, -0.1) is 0 Å². The molecule has 0 fully saturated rings. The van der Waals surface area contributed by atoms with Crippen molar-refractivity contribution >= 4 is 11.5 Å². The summed E-state index contributed by atoms with van der Waals surface area (Å²) >= 11 is 0. The van der Waals surface area contributed by atoms with Crippen LogP contribution in [0.5, 0.6) is 0 Å². The first kappa shape index (κ1) is 10.8. The maximum Gasteiger partial charge on any atom is 0.244 e. The summed E-state index contributed by atoms with van der Waals surface area (Å²) in [6.45, 7) is 0. The van der Waals surface area contributed by atoms with Crippen molar-refractivity contribution < 1.29 is 13.6 Å². The van der Waals surface area contributed by atoms with Gasteiger partial charge in [-0.1, -0.05) is 0 Å². The number of likely N-dealkylation sites (N-methyl/N-ethyl adjacent to an activating group) is 1. The van der Waals surface area contributed by atoms with Crippen LogP contribution in [0.1, 0.15) is 17.5 Å². The average Bonchev–Trinajstić information content (AvgIpc) is 2.62. The summed E-state index contributed by atoms with van der Waals surface area (Å²) in [6, 6.07) is 2.36. The van der Waals surface area contributed by atoms with Crippen LogP contribution < -0.4 is 5.32 Å². The Bertz CT molecular complexity index is 480. The van der Waals surface area contributed by atoms with E-state index in [0.29, 0.717) is 18.4 Å². The molecule has 1 aromatic rings. The fourth-order valence-corrected chi connectivity index (χ4v) is 1.88. The van der Waals surface area contributed by atoms with Crippen LogP contribution >= 0.6 is 0 Å². The number of aryl methyl sites for hydroxylation is 1. The van der Waals surface area contributed by atoms with Crippen LogP contribution in [0.15, 0.2) is 18.2 Å². The third kappa shape index (κ3) is 1.83. The molecule has 0 aliphatic heterocycles. The van der Waals surface area contributed by atoms with Crippen molar-refractivity contribution in [3.8, 4) is 0 Å². The van der Waals surface area contributed by atoms with Gasteiger partial charge in [0.2, 0.25) is 5.91 Å². The number of halogens is 2. The molecular weight excluding hydrogens is 212 g/mol. The summed E-state index contributed by atoms with van der Waals surface area (Å²) in [4.78, 5) is 11.2. The highest BCUT2D eigenvalue weighted by Crippen LogP contribution is 2.33. The molecule has 1 N–H and O–H groups in total. The van der Waals surface area contributed by atoms with Gasteiger partial charge in [0.1, 0.15) is 0 Å². The Morgan fingerprint density at radius 2 is 2.00 bits per heavy atom. The van der Waals surface area contributed by atoms with Crippen molar-refractivity contribution in [1.29, 1.82) is 0 Å². The van der Waals surface area contributed by atoms with Crippen LogP contribution in [-0.4, -0.2) is 13.0 Å². The highest BCUT2D eigenvalue weighted by Gasteiger charge is 2.19. The Balaban J connectivity index is 2.43. The summed E-state index contributed by atoms with van der Waals surface area (Å²) < 4.78 is 26.0. The molecule has 84 valence electrons. The quantitative estimate of drug-likeness (QED) is 0.725. The van der Waals surface area contributed by atoms with Gasteiger partial charge in [0.05, 0.1) is 0 Å². The summed E-state index contributed by atoms with van der Waals surface area (Å²) in [5, 5.41) is 2.47. The van der Waals surface area contributed by atoms with Crippen molar-refractivity contribution in [3.05, 3.63) is 41.0 Å². The first-order chi connectivity index (χ1) is 7.61. The lowest BCUT2D eigenvalue weighted by Gasteiger charge is -2.02. The van der Waals surface area contributed by atoms with Crippen molar-refractivity contribution in [2.75, 3.05) is 7.05 Å². The summed E-state index contributed by atoms with van der Waals surface area (Å²) in [5.41, 5.74) is 2.16. The molecule has 0 aromatic heterocycles. The van der Waals surface area contributed by atoms with Gasteiger partial charge >= 0.3 is 0 Å². The third-order valence-electron chi connectivity index (χ3n) is 2.71. The highest BCUT2D eigenvalue weighted by molar-refractivity contribution is 5.96. The van der Waals surface area contributed by atoms with Crippen molar-refractivity contribution in [3.63, 3.8) is 0 Å². The van der Waals surface area contributed by atoms with Gasteiger partial charge in [-0.2, -0.15) is 0 Å². The van der Waals surface area contributed by atoms with E-state index >= 15 is 0 Å². The lowest BCUT2D eigenvalue weighted by Crippen LogP contribution is -2.14. The zero-order valence-corrected chi connectivity index (χ0v) is 8.81. The molecule has 0 atom stereocenters. The number of carbonyl (C=O) groups excluding carboxylic acids is 1. The van der Waals surface area contributed by atoms with Crippen LogP contribution in [-0.2, 0) is 11.2 Å². The third-order valence-corrected chi connectivity index (χ3v) is 2.71. The lowest BCUT2D eigenvalue weighted by atomic mass is 10.1. The van der Waals surface area contributed by atoms with Crippen LogP contribution in [0.25, 0.3) is 5.57 Å². The molecule has 0 radical (unpaired) electrons. The van der Waals surface area contributed by atoms with E-state index in [1.807, 2.05) is 0 Å². The van der Waals surface area contributed by atoms with Gasteiger partial charge < -0.3 is 5.32 Å². The molecule has 1 amide bonds. The van der Waals surface area contributed by atoms with E-state index in [4.69, 9.17) is 0 Å². The number of rotatable bonds is 1. The van der Waals surface area contributed by atoms with E-state index in [2.05, 4.69) is 5.32 Å². The maximum atomic E-state index is 13.1.